The standard InChI is InChI=1S/C49H84O9Si2/c1-14-60(15-2,16-3)58-44-42(35-54-46(52)47(6,7)8)56-45(40-27-21-18-22-28-40)57-43(44)41(32-51)49(29-23-24-30-50,36-55-59(12,13)48(9,10)11)31-37(4)38(5)33-53-34-39-25-19-17-20-26-39/h17-22,25-28,37-38,41-45,50-51H,14-16,23-24,29-36H2,1-13H3/t37-,38-,41+,42+,43-,44+,45+,49-/m0/s1. The lowest BCUT2D eigenvalue weighted by atomic mass is 9.63. The SMILES string of the molecule is CC[Si](CC)(CC)O[C@H]1[C@H]([C@@H](CO)[C@](CCCCO)(CO[Si](C)(C)C(C)(C)C)C[C@H](C)[C@@H](C)COCc2ccccc2)O[C@H](c2ccccc2)O[C@@H]1COC(=O)C(C)(C)C. The third-order valence-electron chi connectivity index (χ3n) is 13.8. The zero-order valence-electron chi connectivity index (χ0n) is 39.8. The highest BCUT2D eigenvalue weighted by atomic mass is 28.4. The molecule has 0 saturated carbocycles. The highest BCUT2D eigenvalue weighted by molar-refractivity contribution is 6.74. The van der Waals surface area contributed by atoms with Crippen molar-refractivity contribution in [1.29, 1.82) is 0 Å². The van der Waals surface area contributed by atoms with Gasteiger partial charge >= 0.3 is 5.97 Å². The van der Waals surface area contributed by atoms with Gasteiger partial charge < -0.3 is 38.0 Å². The zero-order valence-corrected chi connectivity index (χ0v) is 41.8. The molecule has 0 radical (unpaired) electrons. The molecule has 1 aliphatic heterocycles. The van der Waals surface area contributed by atoms with Gasteiger partial charge in [0.05, 0.1) is 18.1 Å². The molecular formula is C49H84O9Si2. The Morgan fingerprint density at radius 1 is 0.833 bits per heavy atom. The quantitative estimate of drug-likeness (QED) is 0.0572. The monoisotopic (exact) mass is 873 g/mol. The van der Waals surface area contributed by atoms with Gasteiger partial charge in [0.15, 0.2) is 22.9 Å². The van der Waals surface area contributed by atoms with Crippen molar-refractivity contribution < 1.29 is 42.8 Å². The number of hydrogen-bond acceptors (Lipinski definition) is 9. The van der Waals surface area contributed by atoms with Crippen LogP contribution in [0.2, 0.25) is 36.3 Å². The molecule has 1 saturated heterocycles. The van der Waals surface area contributed by atoms with Crippen molar-refractivity contribution in [2.75, 3.05) is 33.0 Å². The molecule has 0 spiro atoms. The maximum absolute atomic E-state index is 13.4. The van der Waals surface area contributed by atoms with Gasteiger partial charge in [0.25, 0.3) is 0 Å². The topological polar surface area (TPSA) is 113 Å². The lowest BCUT2D eigenvalue weighted by molar-refractivity contribution is -0.312. The Morgan fingerprint density at radius 2 is 1.43 bits per heavy atom. The van der Waals surface area contributed by atoms with Crippen LogP contribution in [-0.2, 0) is 39.2 Å². The third-order valence-corrected chi connectivity index (χ3v) is 22.9. The summed E-state index contributed by atoms with van der Waals surface area (Å²) in [5.41, 5.74) is 0.681. The highest BCUT2D eigenvalue weighted by Gasteiger charge is 2.55. The van der Waals surface area contributed by atoms with Gasteiger partial charge in [0.2, 0.25) is 0 Å². The molecule has 342 valence electrons. The van der Waals surface area contributed by atoms with Gasteiger partial charge in [-0.2, -0.15) is 0 Å². The molecule has 0 unspecified atom stereocenters. The maximum Gasteiger partial charge on any atom is 0.311 e. The van der Waals surface area contributed by atoms with Crippen LogP contribution in [0.3, 0.4) is 0 Å². The Labute approximate surface area is 366 Å². The number of benzene rings is 2. The number of rotatable bonds is 25. The van der Waals surface area contributed by atoms with Crippen molar-refractivity contribution in [3.8, 4) is 0 Å². The fourth-order valence-corrected chi connectivity index (χ4v) is 12.1. The first-order valence-electron chi connectivity index (χ1n) is 22.9. The fourth-order valence-electron chi connectivity index (χ4n) is 8.13. The van der Waals surface area contributed by atoms with Crippen LogP contribution in [0.1, 0.15) is 119 Å². The van der Waals surface area contributed by atoms with Crippen LogP contribution in [0.5, 0.6) is 0 Å². The molecule has 3 rings (SSSR count). The van der Waals surface area contributed by atoms with E-state index in [1.165, 1.54) is 0 Å². The maximum atomic E-state index is 13.4. The summed E-state index contributed by atoms with van der Waals surface area (Å²) in [7, 11) is -4.66. The Bertz CT molecular complexity index is 1500. The van der Waals surface area contributed by atoms with E-state index in [4.69, 9.17) is 27.8 Å². The van der Waals surface area contributed by atoms with Gasteiger partial charge in [-0.1, -0.05) is 122 Å². The van der Waals surface area contributed by atoms with Crippen molar-refractivity contribution in [3.63, 3.8) is 0 Å². The predicted molar refractivity (Wildman–Crippen MR) is 248 cm³/mol. The third kappa shape index (κ3) is 14.6. The zero-order chi connectivity index (χ0) is 44.8. The van der Waals surface area contributed by atoms with Gasteiger partial charge in [0.1, 0.15) is 18.8 Å². The molecule has 2 N–H and O–H groups in total. The van der Waals surface area contributed by atoms with Crippen LogP contribution in [0.25, 0.3) is 0 Å². The molecule has 0 aromatic heterocycles. The van der Waals surface area contributed by atoms with E-state index in [1.807, 2.05) is 69.3 Å². The highest BCUT2D eigenvalue weighted by Crippen LogP contribution is 2.50. The lowest BCUT2D eigenvalue weighted by Gasteiger charge is -2.53. The molecule has 0 bridgehead atoms. The molecule has 0 amide bonds. The van der Waals surface area contributed by atoms with E-state index in [2.05, 4.69) is 80.6 Å². The minimum absolute atomic E-state index is 0.00605. The Hall–Kier alpha value is -1.94. The van der Waals surface area contributed by atoms with Crippen molar-refractivity contribution in [3.05, 3.63) is 71.8 Å². The number of carbonyl (C=O) groups is 1. The molecular weight excluding hydrogens is 789 g/mol. The summed E-state index contributed by atoms with van der Waals surface area (Å²) in [6, 6.07) is 22.9. The van der Waals surface area contributed by atoms with Gasteiger partial charge in [-0.05, 0) is 93.7 Å². The summed E-state index contributed by atoms with van der Waals surface area (Å²) in [6.45, 7) is 29.5. The second-order valence-electron chi connectivity index (χ2n) is 20.2. The number of carbonyl (C=O) groups excluding carboxylic acids is 1. The van der Waals surface area contributed by atoms with E-state index in [-0.39, 0.29) is 42.7 Å². The van der Waals surface area contributed by atoms with Crippen molar-refractivity contribution in [2.24, 2.45) is 28.6 Å². The molecule has 1 aliphatic rings. The number of ether oxygens (including phenoxy) is 4. The minimum Gasteiger partial charge on any atom is -0.462 e. The number of unbranched alkanes of at least 4 members (excludes halogenated alkanes) is 1. The van der Waals surface area contributed by atoms with E-state index in [0.717, 1.165) is 42.1 Å². The van der Waals surface area contributed by atoms with Crippen LogP contribution in [0.15, 0.2) is 60.7 Å². The average Bonchev–Trinajstić information content (AvgIpc) is 3.21. The summed E-state index contributed by atoms with van der Waals surface area (Å²) >= 11 is 0. The summed E-state index contributed by atoms with van der Waals surface area (Å²) in [4.78, 5) is 13.4. The number of esters is 1. The summed E-state index contributed by atoms with van der Waals surface area (Å²) in [5.74, 6) is -0.400. The van der Waals surface area contributed by atoms with E-state index in [9.17, 15) is 15.0 Å². The van der Waals surface area contributed by atoms with Crippen molar-refractivity contribution >= 4 is 22.6 Å². The molecule has 2 aromatic rings. The van der Waals surface area contributed by atoms with E-state index in [0.29, 0.717) is 32.7 Å². The van der Waals surface area contributed by atoms with Crippen LogP contribution in [0.4, 0.5) is 0 Å². The van der Waals surface area contributed by atoms with E-state index < -0.39 is 58.0 Å². The molecule has 9 nitrogen and oxygen atoms in total. The van der Waals surface area contributed by atoms with E-state index in [1.54, 1.807) is 0 Å². The lowest BCUT2D eigenvalue weighted by Crippen LogP contribution is -2.61. The molecule has 60 heavy (non-hydrogen) atoms. The number of aliphatic hydroxyl groups is 2. The molecule has 2 aromatic carbocycles. The average molecular weight is 873 g/mol. The van der Waals surface area contributed by atoms with Crippen LogP contribution in [-0.4, -0.2) is 84.2 Å². The minimum atomic E-state index is -2.35. The molecule has 0 aliphatic carbocycles. The van der Waals surface area contributed by atoms with Gasteiger partial charge in [0, 0.05) is 43.3 Å². The van der Waals surface area contributed by atoms with E-state index >= 15 is 0 Å². The van der Waals surface area contributed by atoms with Gasteiger partial charge in [-0.25, -0.2) is 0 Å². The van der Waals surface area contributed by atoms with Crippen LogP contribution < -0.4 is 0 Å². The first-order valence-corrected chi connectivity index (χ1v) is 28.3. The fraction of sp³-hybridized carbons (Fsp3) is 0.735. The second-order valence-corrected chi connectivity index (χ2v) is 29.8. The predicted octanol–water partition coefficient (Wildman–Crippen LogP) is 11.1. The molecule has 11 heteroatoms. The first-order chi connectivity index (χ1) is 28.2. The summed E-state index contributed by atoms with van der Waals surface area (Å²) in [5, 5.41) is 22.2. The van der Waals surface area contributed by atoms with Crippen LogP contribution >= 0.6 is 0 Å². The Balaban J connectivity index is 2.25. The number of hydrogen-bond donors (Lipinski definition) is 2. The largest absolute Gasteiger partial charge is 0.462 e. The Morgan fingerprint density at radius 3 is 1.97 bits per heavy atom. The van der Waals surface area contributed by atoms with Gasteiger partial charge in [-0.3, -0.25) is 4.79 Å². The van der Waals surface area contributed by atoms with Crippen molar-refractivity contribution in [1.82, 2.24) is 0 Å². The van der Waals surface area contributed by atoms with Crippen molar-refractivity contribution in [2.45, 2.75) is 169 Å². The normalized spacial score (nSPS) is 21.9. The summed E-state index contributed by atoms with van der Waals surface area (Å²) in [6.07, 6.45) is 0.105. The first kappa shape index (κ1) is 52.4. The molecule has 1 fully saturated rings. The summed E-state index contributed by atoms with van der Waals surface area (Å²) < 4.78 is 41.3. The smallest absolute Gasteiger partial charge is 0.311 e. The Kier molecular flexibility index (Phi) is 20.7. The second kappa shape index (κ2) is 23.7. The molecule has 8 atom stereocenters. The number of aliphatic hydroxyl groups excluding tert-OH is 2. The van der Waals surface area contributed by atoms with Gasteiger partial charge in [-0.15, -0.1) is 0 Å². The molecule has 1 heterocycles. The van der Waals surface area contributed by atoms with Crippen LogP contribution in [0, 0.1) is 28.6 Å².